The maximum absolute atomic E-state index is 11.6. The SMILES string of the molecule is CCCC1CC(C(=O)O)(c2ccc(OCC)cc2)C1. The van der Waals surface area contributed by atoms with Gasteiger partial charge in [-0.1, -0.05) is 31.9 Å². The van der Waals surface area contributed by atoms with Gasteiger partial charge in [0.1, 0.15) is 5.75 Å². The van der Waals surface area contributed by atoms with E-state index >= 15 is 0 Å². The second-order valence-corrected chi connectivity index (χ2v) is 5.41. The zero-order chi connectivity index (χ0) is 13.9. The highest BCUT2D eigenvalue weighted by molar-refractivity contribution is 5.82. The van der Waals surface area contributed by atoms with Gasteiger partial charge in [0, 0.05) is 0 Å². The van der Waals surface area contributed by atoms with Crippen molar-refractivity contribution in [3.05, 3.63) is 29.8 Å². The van der Waals surface area contributed by atoms with E-state index in [1.807, 2.05) is 31.2 Å². The molecule has 3 heteroatoms. The number of carboxylic acid groups (broad SMARTS) is 1. The lowest BCUT2D eigenvalue weighted by Crippen LogP contribution is -2.47. The highest BCUT2D eigenvalue weighted by atomic mass is 16.5. The van der Waals surface area contributed by atoms with Crippen molar-refractivity contribution < 1.29 is 14.6 Å². The van der Waals surface area contributed by atoms with Gasteiger partial charge in [-0.3, -0.25) is 4.79 Å². The van der Waals surface area contributed by atoms with Crippen LogP contribution in [0.3, 0.4) is 0 Å². The Morgan fingerprint density at radius 3 is 2.42 bits per heavy atom. The average Bonchev–Trinajstić information content (AvgIpc) is 2.34. The van der Waals surface area contributed by atoms with Crippen LogP contribution in [0.1, 0.15) is 45.1 Å². The topological polar surface area (TPSA) is 46.5 Å². The molecule has 0 bridgehead atoms. The number of aliphatic carboxylic acids is 1. The van der Waals surface area contributed by atoms with Crippen LogP contribution < -0.4 is 4.74 Å². The van der Waals surface area contributed by atoms with E-state index < -0.39 is 11.4 Å². The Morgan fingerprint density at radius 2 is 1.95 bits per heavy atom. The maximum atomic E-state index is 11.6. The molecule has 1 fully saturated rings. The summed E-state index contributed by atoms with van der Waals surface area (Å²) in [7, 11) is 0. The predicted molar refractivity (Wildman–Crippen MR) is 74.6 cm³/mol. The number of rotatable bonds is 6. The van der Waals surface area contributed by atoms with Crippen LogP contribution in [0.5, 0.6) is 5.75 Å². The summed E-state index contributed by atoms with van der Waals surface area (Å²) < 4.78 is 5.40. The van der Waals surface area contributed by atoms with Crippen LogP contribution in [-0.2, 0) is 10.2 Å². The summed E-state index contributed by atoms with van der Waals surface area (Å²) in [5.41, 5.74) is 0.251. The lowest BCUT2D eigenvalue weighted by Gasteiger charge is -2.45. The van der Waals surface area contributed by atoms with Crippen molar-refractivity contribution in [3.63, 3.8) is 0 Å². The van der Waals surface area contributed by atoms with Crippen molar-refractivity contribution in [1.29, 1.82) is 0 Å². The van der Waals surface area contributed by atoms with Crippen LogP contribution >= 0.6 is 0 Å². The standard InChI is InChI=1S/C16H22O3/c1-3-5-12-10-16(11-12,15(17)18)13-6-8-14(9-7-13)19-4-2/h6-9,12H,3-5,10-11H2,1-2H3,(H,17,18). The van der Waals surface area contributed by atoms with Crippen LogP contribution in [0.2, 0.25) is 0 Å². The Bertz CT molecular complexity index is 430. The molecular weight excluding hydrogens is 240 g/mol. The monoisotopic (exact) mass is 262 g/mol. The van der Waals surface area contributed by atoms with E-state index in [9.17, 15) is 9.90 Å². The second kappa shape index (κ2) is 5.64. The molecule has 1 aliphatic rings. The molecule has 0 radical (unpaired) electrons. The van der Waals surface area contributed by atoms with Crippen molar-refractivity contribution in [2.75, 3.05) is 6.61 Å². The van der Waals surface area contributed by atoms with Gasteiger partial charge >= 0.3 is 5.97 Å². The Balaban J connectivity index is 2.15. The first-order valence-corrected chi connectivity index (χ1v) is 7.09. The number of ether oxygens (including phenoxy) is 1. The molecule has 3 nitrogen and oxygen atoms in total. The van der Waals surface area contributed by atoms with Gasteiger partial charge in [-0.15, -0.1) is 0 Å². The smallest absolute Gasteiger partial charge is 0.314 e. The summed E-state index contributed by atoms with van der Waals surface area (Å²) >= 11 is 0. The molecule has 2 rings (SSSR count). The van der Waals surface area contributed by atoms with Crippen molar-refractivity contribution in [2.45, 2.75) is 44.9 Å². The number of hydrogen-bond acceptors (Lipinski definition) is 2. The van der Waals surface area contributed by atoms with Crippen molar-refractivity contribution >= 4 is 5.97 Å². The molecule has 0 amide bonds. The molecule has 0 atom stereocenters. The molecule has 0 spiro atoms. The van der Waals surface area contributed by atoms with Gasteiger partial charge in [-0.25, -0.2) is 0 Å². The van der Waals surface area contributed by atoms with E-state index in [0.29, 0.717) is 12.5 Å². The summed E-state index contributed by atoms with van der Waals surface area (Å²) in [6, 6.07) is 7.55. The predicted octanol–water partition coefficient (Wildman–Crippen LogP) is 3.62. The molecule has 0 aromatic heterocycles. The third-order valence-electron chi connectivity index (χ3n) is 4.10. The van der Waals surface area contributed by atoms with E-state index in [2.05, 4.69) is 6.92 Å². The fourth-order valence-corrected chi connectivity index (χ4v) is 3.11. The van der Waals surface area contributed by atoms with Gasteiger partial charge in [-0.2, -0.15) is 0 Å². The van der Waals surface area contributed by atoms with Gasteiger partial charge in [0.15, 0.2) is 0 Å². The van der Waals surface area contributed by atoms with E-state index in [1.165, 1.54) is 0 Å². The lowest BCUT2D eigenvalue weighted by atomic mass is 9.57. The fraction of sp³-hybridized carbons (Fsp3) is 0.562. The van der Waals surface area contributed by atoms with Gasteiger partial charge in [0.05, 0.1) is 12.0 Å². The van der Waals surface area contributed by atoms with Crippen LogP contribution in [0.15, 0.2) is 24.3 Å². The van der Waals surface area contributed by atoms with Crippen LogP contribution in [0.25, 0.3) is 0 Å². The van der Waals surface area contributed by atoms with Gasteiger partial charge in [-0.05, 0) is 43.4 Å². The normalized spacial score (nSPS) is 25.7. The summed E-state index contributed by atoms with van der Waals surface area (Å²) in [5, 5.41) is 9.56. The quantitative estimate of drug-likeness (QED) is 0.851. The Morgan fingerprint density at radius 1 is 1.32 bits per heavy atom. The minimum atomic E-state index is -0.691. The molecule has 1 aromatic rings. The molecule has 0 unspecified atom stereocenters. The molecule has 0 saturated heterocycles. The van der Waals surface area contributed by atoms with Gasteiger partial charge < -0.3 is 9.84 Å². The highest BCUT2D eigenvalue weighted by Crippen LogP contribution is 2.50. The lowest BCUT2D eigenvalue weighted by molar-refractivity contribution is -0.150. The second-order valence-electron chi connectivity index (χ2n) is 5.41. The summed E-state index contributed by atoms with van der Waals surface area (Å²) in [5.74, 6) is 0.674. The van der Waals surface area contributed by atoms with E-state index in [0.717, 1.165) is 37.0 Å². The van der Waals surface area contributed by atoms with Crippen LogP contribution in [0, 0.1) is 5.92 Å². The molecule has 1 N–H and O–H groups in total. The van der Waals surface area contributed by atoms with Crippen LogP contribution in [-0.4, -0.2) is 17.7 Å². The first kappa shape index (κ1) is 13.9. The fourth-order valence-electron chi connectivity index (χ4n) is 3.11. The Hall–Kier alpha value is -1.51. The minimum absolute atomic E-state index is 0.563. The van der Waals surface area contributed by atoms with E-state index in [4.69, 9.17) is 4.74 Å². The Labute approximate surface area is 114 Å². The molecule has 1 saturated carbocycles. The molecule has 104 valence electrons. The van der Waals surface area contributed by atoms with Crippen molar-refractivity contribution in [3.8, 4) is 5.75 Å². The van der Waals surface area contributed by atoms with Crippen molar-refractivity contribution in [1.82, 2.24) is 0 Å². The van der Waals surface area contributed by atoms with Crippen molar-refractivity contribution in [2.24, 2.45) is 5.92 Å². The van der Waals surface area contributed by atoms with Gasteiger partial charge in [0.2, 0.25) is 0 Å². The Kier molecular flexibility index (Phi) is 4.13. The first-order chi connectivity index (χ1) is 9.12. The largest absolute Gasteiger partial charge is 0.494 e. The number of carboxylic acids is 1. The molecule has 0 aliphatic heterocycles. The third kappa shape index (κ3) is 2.60. The zero-order valence-electron chi connectivity index (χ0n) is 11.7. The number of carbonyl (C=O) groups is 1. The zero-order valence-corrected chi connectivity index (χ0v) is 11.7. The first-order valence-electron chi connectivity index (χ1n) is 7.09. The number of hydrogen-bond donors (Lipinski definition) is 1. The summed E-state index contributed by atoms with van der Waals surface area (Å²) in [6.45, 7) is 4.72. The minimum Gasteiger partial charge on any atom is -0.494 e. The summed E-state index contributed by atoms with van der Waals surface area (Å²) in [4.78, 5) is 11.6. The molecule has 0 heterocycles. The van der Waals surface area contributed by atoms with E-state index in [-0.39, 0.29) is 0 Å². The highest BCUT2D eigenvalue weighted by Gasteiger charge is 2.50. The summed E-state index contributed by atoms with van der Waals surface area (Å²) in [6.07, 6.45) is 3.80. The van der Waals surface area contributed by atoms with Crippen LogP contribution in [0.4, 0.5) is 0 Å². The molecule has 1 aromatic carbocycles. The van der Waals surface area contributed by atoms with E-state index in [1.54, 1.807) is 0 Å². The molecule has 1 aliphatic carbocycles. The third-order valence-corrected chi connectivity index (χ3v) is 4.10. The number of benzene rings is 1. The molecule has 19 heavy (non-hydrogen) atoms. The maximum Gasteiger partial charge on any atom is 0.314 e. The molecular formula is C16H22O3. The van der Waals surface area contributed by atoms with Gasteiger partial charge in [0.25, 0.3) is 0 Å². The average molecular weight is 262 g/mol.